The van der Waals surface area contributed by atoms with Crippen LogP contribution in [0.5, 0.6) is 0 Å². The molecule has 1 aromatic heterocycles. The molecule has 7 nitrogen and oxygen atoms in total. The molecule has 0 aliphatic heterocycles. The second-order valence-corrected chi connectivity index (χ2v) is 6.74. The number of nitrogens with zero attached hydrogens (tertiary/aromatic N) is 2. The van der Waals surface area contributed by atoms with Gasteiger partial charge in [0.05, 0.1) is 29.7 Å². The minimum Gasteiger partial charge on any atom is -0.479 e. The van der Waals surface area contributed by atoms with Crippen LogP contribution in [0.25, 0.3) is 5.69 Å². The van der Waals surface area contributed by atoms with E-state index >= 15 is 0 Å². The summed E-state index contributed by atoms with van der Waals surface area (Å²) in [7, 11) is 1.29. The predicted octanol–water partition coefficient (Wildman–Crippen LogP) is 2.54. The highest BCUT2D eigenvalue weighted by atomic mass is 35.5. The van der Waals surface area contributed by atoms with Crippen LogP contribution < -0.4 is 5.32 Å². The number of carbonyl (C=O) groups excluding carboxylic acids is 1. The van der Waals surface area contributed by atoms with E-state index in [1.807, 2.05) is 25.1 Å². The summed E-state index contributed by atoms with van der Waals surface area (Å²) in [6.07, 6.45) is 2.40. The molecular weight excluding hydrogens is 358 g/mol. The SMILES string of the molecule is COC(CNC(=O)c1cnn(-c2ccc(C)c(Cl)c2)c1C1CC1)C(=O)O. The fraction of sp³-hybridized carbons (Fsp3) is 0.389. The molecule has 1 amide bonds. The molecule has 1 unspecified atom stereocenters. The van der Waals surface area contributed by atoms with Crippen LogP contribution >= 0.6 is 11.6 Å². The zero-order valence-corrected chi connectivity index (χ0v) is 15.3. The quantitative estimate of drug-likeness (QED) is 0.773. The molecule has 3 rings (SSSR count). The molecule has 2 aromatic rings. The smallest absolute Gasteiger partial charge is 0.334 e. The summed E-state index contributed by atoms with van der Waals surface area (Å²) in [5.74, 6) is -1.23. The Morgan fingerprint density at radius 1 is 1.46 bits per heavy atom. The number of nitrogens with one attached hydrogen (secondary N) is 1. The predicted molar refractivity (Wildman–Crippen MR) is 96.1 cm³/mol. The summed E-state index contributed by atoms with van der Waals surface area (Å²) in [5, 5.41) is 16.6. The second-order valence-electron chi connectivity index (χ2n) is 6.34. The van der Waals surface area contributed by atoms with Crippen molar-refractivity contribution >= 4 is 23.5 Å². The molecule has 1 aliphatic rings. The van der Waals surface area contributed by atoms with Gasteiger partial charge >= 0.3 is 5.97 Å². The van der Waals surface area contributed by atoms with E-state index in [0.29, 0.717) is 10.6 Å². The van der Waals surface area contributed by atoms with Crippen LogP contribution in [-0.2, 0) is 9.53 Å². The van der Waals surface area contributed by atoms with Crippen molar-refractivity contribution in [1.29, 1.82) is 0 Å². The van der Waals surface area contributed by atoms with Crippen molar-refractivity contribution in [2.45, 2.75) is 31.8 Å². The fourth-order valence-corrected chi connectivity index (χ4v) is 2.93. The Balaban J connectivity index is 1.87. The van der Waals surface area contributed by atoms with E-state index < -0.39 is 12.1 Å². The van der Waals surface area contributed by atoms with Crippen LogP contribution in [-0.4, -0.2) is 46.5 Å². The van der Waals surface area contributed by atoms with Gasteiger partial charge < -0.3 is 15.2 Å². The summed E-state index contributed by atoms with van der Waals surface area (Å²) < 4.78 is 6.58. The van der Waals surface area contributed by atoms with Crippen LogP contribution in [0.2, 0.25) is 5.02 Å². The largest absolute Gasteiger partial charge is 0.479 e. The summed E-state index contributed by atoms with van der Waals surface area (Å²) >= 11 is 6.22. The van der Waals surface area contributed by atoms with Crippen molar-refractivity contribution < 1.29 is 19.4 Å². The molecule has 138 valence electrons. The van der Waals surface area contributed by atoms with Gasteiger partial charge in [0.15, 0.2) is 6.10 Å². The van der Waals surface area contributed by atoms with Crippen molar-refractivity contribution in [2.24, 2.45) is 0 Å². The Morgan fingerprint density at radius 3 is 2.77 bits per heavy atom. The Hall–Kier alpha value is -2.38. The topological polar surface area (TPSA) is 93.5 Å². The number of halogens is 1. The van der Waals surface area contributed by atoms with Crippen LogP contribution in [0.4, 0.5) is 0 Å². The van der Waals surface area contributed by atoms with Gasteiger partial charge in [-0.05, 0) is 37.5 Å². The summed E-state index contributed by atoms with van der Waals surface area (Å²) in [6.45, 7) is 1.81. The van der Waals surface area contributed by atoms with Gasteiger partial charge in [0.2, 0.25) is 0 Å². The molecule has 0 bridgehead atoms. The Morgan fingerprint density at radius 2 is 2.19 bits per heavy atom. The first-order valence-corrected chi connectivity index (χ1v) is 8.68. The minimum absolute atomic E-state index is 0.115. The lowest BCUT2D eigenvalue weighted by molar-refractivity contribution is -0.148. The lowest BCUT2D eigenvalue weighted by Gasteiger charge is -2.13. The average Bonchev–Trinajstić information content (AvgIpc) is 3.35. The maximum Gasteiger partial charge on any atom is 0.334 e. The number of hydrogen-bond acceptors (Lipinski definition) is 4. The van der Waals surface area contributed by atoms with Gasteiger partial charge in [0.1, 0.15) is 0 Å². The van der Waals surface area contributed by atoms with Gasteiger partial charge in [-0.25, -0.2) is 9.48 Å². The number of rotatable bonds is 7. The molecule has 1 atom stereocenters. The van der Waals surface area contributed by atoms with Gasteiger partial charge in [-0.1, -0.05) is 17.7 Å². The molecule has 0 saturated heterocycles. The number of aromatic nitrogens is 2. The number of benzene rings is 1. The first kappa shape index (κ1) is 18.4. The lowest BCUT2D eigenvalue weighted by atomic mass is 10.1. The average molecular weight is 378 g/mol. The third kappa shape index (κ3) is 3.73. The van der Waals surface area contributed by atoms with Crippen molar-refractivity contribution in [1.82, 2.24) is 15.1 Å². The summed E-state index contributed by atoms with van der Waals surface area (Å²) in [5.41, 5.74) is 3.03. The third-order valence-corrected chi connectivity index (χ3v) is 4.83. The molecule has 1 aromatic carbocycles. The van der Waals surface area contributed by atoms with Crippen molar-refractivity contribution in [3.8, 4) is 5.69 Å². The van der Waals surface area contributed by atoms with E-state index in [0.717, 1.165) is 29.8 Å². The summed E-state index contributed by atoms with van der Waals surface area (Å²) in [6, 6.07) is 5.64. The first-order chi connectivity index (χ1) is 12.4. The number of methoxy groups -OCH3 is 1. The first-order valence-electron chi connectivity index (χ1n) is 8.30. The normalized spacial score (nSPS) is 14.9. The molecule has 1 aliphatic carbocycles. The van der Waals surface area contributed by atoms with E-state index in [-0.39, 0.29) is 18.4 Å². The fourth-order valence-electron chi connectivity index (χ4n) is 2.75. The Kier molecular flexibility index (Phi) is 5.29. The molecular formula is C18H20ClN3O4. The number of carbonyl (C=O) groups is 2. The monoisotopic (exact) mass is 377 g/mol. The highest BCUT2D eigenvalue weighted by molar-refractivity contribution is 6.31. The molecule has 1 heterocycles. The highest BCUT2D eigenvalue weighted by Gasteiger charge is 2.33. The van der Waals surface area contributed by atoms with Crippen molar-refractivity contribution in [2.75, 3.05) is 13.7 Å². The molecule has 1 saturated carbocycles. The highest BCUT2D eigenvalue weighted by Crippen LogP contribution is 2.42. The van der Waals surface area contributed by atoms with Crippen LogP contribution in [0.15, 0.2) is 24.4 Å². The molecule has 26 heavy (non-hydrogen) atoms. The van der Waals surface area contributed by atoms with E-state index in [2.05, 4.69) is 10.4 Å². The van der Waals surface area contributed by atoms with E-state index in [1.165, 1.54) is 13.3 Å². The lowest BCUT2D eigenvalue weighted by Crippen LogP contribution is -2.38. The van der Waals surface area contributed by atoms with Crippen LogP contribution in [0.3, 0.4) is 0 Å². The van der Waals surface area contributed by atoms with Gasteiger partial charge in [-0.3, -0.25) is 4.79 Å². The van der Waals surface area contributed by atoms with E-state index in [1.54, 1.807) is 4.68 Å². The number of carboxylic acids is 1. The Bertz CT molecular complexity index is 845. The number of ether oxygens (including phenoxy) is 1. The molecule has 0 radical (unpaired) electrons. The number of amides is 1. The molecule has 8 heteroatoms. The maximum absolute atomic E-state index is 12.6. The van der Waals surface area contributed by atoms with Crippen LogP contribution in [0, 0.1) is 6.92 Å². The van der Waals surface area contributed by atoms with Gasteiger partial charge in [-0.15, -0.1) is 0 Å². The third-order valence-electron chi connectivity index (χ3n) is 4.42. The number of aliphatic carboxylic acids is 1. The number of hydrogen-bond donors (Lipinski definition) is 2. The number of carboxylic acid groups (broad SMARTS) is 1. The van der Waals surface area contributed by atoms with Gasteiger partial charge in [0.25, 0.3) is 5.91 Å². The second kappa shape index (κ2) is 7.47. The van der Waals surface area contributed by atoms with E-state index in [9.17, 15) is 9.59 Å². The van der Waals surface area contributed by atoms with Gasteiger partial charge in [0, 0.05) is 18.1 Å². The van der Waals surface area contributed by atoms with Crippen molar-refractivity contribution in [3.63, 3.8) is 0 Å². The minimum atomic E-state index is -1.12. The van der Waals surface area contributed by atoms with Gasteiger partial charge in [-0.2, -0.15) is 5.10 Å². The summed E-state index contributed by atoms with van der Waals surface area (Å²) in [4.78, 5) is 23.6. The molecule has 2 N–H and O–H groups in total. The zero-order chi connectivity index (χ0) is 18.8. The molecule has 1 fully saturated rings. The zero-order valence-electron chi connectivity index (χ0n) is 14.5. The van der Waals surface area contributed by atoms with Crippen molar-refractivity contribution in [3.05, 3.63) is 46.2 Å². The van der Waals surface area contributed by atoms with Crippen LogP contribution in [0.1, 0.15) is 40.4 Å². The Labute approximate surface area is 155 Å². The maximum atomic E-state index is 12.6. The standard InChI is InChI=1S/C18H20ClN3O4/c1-10-3-6-12(7-14(10)19)22-16(11-4-5-11)13(8-21-22)17(23)20-9-15(26-2)18(24)25/h3,6-8,11,15H,4-5,9H2,1-2H3,(H,20,23)(H,24,25). The van der Waals surface area contributed by atoms with E-state index in [4.69, 9.17) is 21.4 Å². The number of aryl methyl sites for hydroxylation is 1. The molecule has 0 spiro atoms.